The highest BCUT2D eigenvalue weighted by Crippen LogP contribution is 2.17. The van der Waals surface area contributed by atoms with Gasteiger partial charge in [0.25, 0.3) is 0 Å². The predicted octanol–water partition coefficient (Wildman–Crippen LogP) is 2.30. The van der Waals surface area contributed by atoms with Crippen molar-refractivity contribution in [3.8, 4) is 0 Å². The van der Waals surface area contributed by atoms with E-state index in [1.807, 2.05) is 24.3 Å². The zero-order valence-corrected chi connectivity index (χ0v) is 13.9. The average molecular weight is 309 g/mol. The molecule has 21 heavy (non-hydrogen) atoms. The minimum atomic E-state index is -0.499. The van der Waals surface area contributed by atoms with Crippen molar-refractivity contribution in [2.24, 2.45) is 0 Å². The second kappa shape index (κ2) is 6.73. The Hall–Kier alpha value is -1.17. The molecule has 1 atom stereocenters. The molecule has 0 bridgehead atoms. The van der Waals surface area contributed by atoms with Gasteiger partial charge >= 0.3 is 4.87 Å². The molecular weight excluding hydrogens is 284 g/mol. The van der Waals surface area contributed by atoms with Crippen LogP contribution in [0.4, 0.5) is 0 Å². The summed E-state index contributed by atoms with van der Waals surface area (Å²) >= 11 is 1.25. The average Bonchev–Trinajstić information content (AvgIpc) is 2.81. The van der Waals surface area contributed by atoms with Crippen LogP contribution >= 0.6 is 11.3 Å². The van der Waals surface area contributed by atoms with Crippen molar-refractivity contribution in [1.82, 2.24) is 4.57 Å². The second-order valence-electron chi connectivity index (χ2n) is 5.57. The summed E-state index contributed by atoms with van der Waals surface area (Å²) < 4.78 is 3.58. The van der Waals surface area contributed by atoms with E-state index in [1.165, 1.54) is 11.3 Å². The van der Waals surface area contributed by atoms with Gasteiger partial charge in [-0.25, -0.2) is 0 Å². The maximum atomic E-state index is 12.1. The second-order valence-corrected chi connectivity index (χ2v) is 6.57. The number of quaternary nitrogens is 1. The first-order valence-electron chi connectivity index (χ1n) is 7.66. The molecule has 1 N–H and O–H groups in total. The summed E-state index contributed by atoms with van der Waals surface area (Å²) in [6, 6.07) is 7.77. The standard InChI is InChI=1S/C16H25N2O2S/c1-4-18(5-2,6-3)12-13(19)11-17-14-9-7-8-10-15(14)21-16(17)20/h7-10,13,19H,4-6,11-12H2,1-3H3/q+1. The number of hydrogen-bond acceptors (Lipinski definition) is 3. The van der Waals surface area contributed by atoms with Crippen molar-refractivity contribution in [2.45, 2.75) is 33.4 Å². The molecule has 1 aromatic carbocycles. The molecule has 4 nitrogen and oxygen atoms in total. The van der Waals surface area contributed by atoms with Gasteiger partial charge < -0.3 is 9.59 Å². The lowest BCUT2D eigenvalue weighted by atomic mass is 10.2. The number of para-hydroxylation sites is 1. The van der Waals surface area contributed by atoms with Crippen LogP contribution in [0.15, 0.2) is 29.1 Å². The van der Waals surface area contributed by atoms with Gasteiger partial charge in [0.15, 0.2) is 0 Å². The van der Waals surface area contributed by atoms with Crippen LogP contribution in [0.2, 0.25) is 0 Å². The van der Waals surface area contributed by atoms with Crippen LogP contribution in [0.5, 0.6) is 0 Å². The number of benzene rings is 1. The molecule has 0 saturated carbocycles. The van der Waals surface area contributed by atoms with Crippen molar-refractivity contribution in [1.29, 1.82) is 0 Å². The van der Waals surface area contributed by atoms with E-state index in [0.29, 0.717) is 13.1 Å². The van der Waals surface area contributed by atoms with Crippen LogP contribution in [0.3, 0.4) is 0 Å². The minimum Gasteiger partial charge on any atom is -0.385 e. The van der Waals surface area contributed by atoms with Gasteiger partial charge in [0.05, 0.1) is 36.4 Å². The molecule has 0 aliphatic rings. The lowest BCUT2D eigenvalue weighted by Gasteiger charge is -2.37. The molecule has 116 valence electrons. The van der Waals surface area contributed by atoms with Crippen molar-refractivity contribution < 1.29 is 9.59 Å². The molecule has 0 radical (unpaired) electrons. The molecule has 0 spiro atoms. The maximum absolute atomic E-state index is 12.1. The number of likely N-dealkylation sites (N-methyl/N-ethyl adjacent to an activating group) is 1. The summed E-state index contributed by atoms with van der Waals surface area (Å²) in [7, 11) is 0. The number of aromatic nitrogens is 1. The summed E-state index contributed by atoms with van der Waals surface area (Å²) in [4.78, 5) is 12.1. The molecule has 0 aliphatic heterocycles. The van der Waals surface area contributed by atoms with E-state index in [9.17, 15) is 9.90 Å². The Bertz CT molecular complexity index is 635. The first-order chi connectivity index (χ1) is 10.0. The van der Waals surface area contributed by atoms with E-state index in [2.05, 4.69) is 20.8 Å². The number of nitrogens with zero attached hydrogens (tertiary/aromatic N) is 2. The van der Waals surface area contributed by atoms with Gasteiger partial charge in [0, 0.05) is 0 Å². The molecule has 0 fully saturated rings. The third kappa shape index (κ3) is 3.36. The van der Waals surface area contributed by atoms with Crippen LogP contribution in [0.1, 0.15) is 20.8 Å². The first-order valence-corrected chi connectivity index (χ1v) is 8.48. The Kier molecular flexibility index (Phi) is 5.19. The van der Waals surface area contributed by atoms with E-state index in [4.69, 9.17) is 0 Å². The smallest absolute Gasteiger partial charge is 0.308 e. The third-order valence-electron chi connectivity index (χ3n) is 4.58. The van der Waals surface area contributed by atoms with Crippen LogP contribution in [-0.2, 0) is 6.54 Å². The largest absolute Gasteiger partial charge is 0.385 e. The van der Waals surface area contributed by atoms with Gasteiger partial charge in [-0.15, -0.1) is 0 Å². The van der Waals surface area contributed by atoms with Gasteiger partial charge in [0.2, 0.25) is 0 Å². The normalized spacial score (nSPS) is 13.7. The van der Waals surface area contributed by atoms with Gasteiger partial charge in [-0.3, -0.25) is 9.36 Å². The van der Waals surface area contributed by atoms with Crippen molar-refractivity contribution in [3.05, 3.63) is 33.9 Å². The zero-order valence-electron chi connectivity index (χ0n) is 13.1. The summed E-state index contributed by atoms with van der Waals surface area (Å²) in [6.07, 6.45) is -0.499. The molecule has 0 amide bonds. The van der Waals surface area contributed by atoms with E-state index in [0.717, 1.165) is 34.3 Å². The highest BCUT2D eigenvalue weighted by molar-refractivity contribution is 7.16. The summed E-state index contributed by atoms with van der Waals surface area (Å²) in [5.41, 5.74) is 0.925. The molecule has 1 aromatic heterocycles. The van der Waals surface area contributed by atoms with Crippen LogP contribution in [0.25, 0.3) is 10.2 Å². The Labute approximate surface area is 129 Å². The van der Waals surface area contributed by atoms with E-state index < -0.39 is 6.10 Å². The molecular formula is C16H25N2O2S+. The SMILES string of the molecule is CC[N+](CC)(CC)CC(O)Cn1c(=O)sc2ccccc21. The molecule has 0 aliphatic carbocycles. The molecule has 0 saturated heterocycles. The Morgan fingerprint density at radius 2 is 1.81 bits per heavy atom. The van der Waals surface area contributed by atoms with Gasteiger partial charge in [0.1, 0.15) is 12.6 Å². The lowest BCUT2D eigenvalue weighted by molar-refractivity contribution is -0.926. The number of hydrogen-bond donors (Lipinski definition) is 1. The molecule has 2 aromatic rings. The fourth-order valence-electron chi connectivity index (χ4n) is 2.96. The lowest BCUT2D eigenvalue weighted by Crippen LogP contribution is -2.52. The number of thiazole rings is 1. The molecule has 5 heteroatoms. The molecule has 1 heterocycles. The van der Waals surface area contributed by atoms with E-state index in [-0.39, 0.29) is 4.87 Å². The molecule has 2 rings (SSSR count). The number of aliphatic hydroxyl groups is 1. The monoisotopic (exact) mass is 309 g/mol. The van der Waals surface area contributed by atoms with Gasteiger partial charge in [-0.2, -0.15) is 0 Å². The summed E-state index contributed by atoms with van der Waals surface area (Å²) in [5, 5.41) is 10.5. The first kappa shape index (κ1) is 16.2. The zero-order chi connectivity index (χ0) is 15.5. The molecule has 1 unspecified atom stereocenters. The Balaban J connectivity index is 2.20. The van der Waals surface area contributed by atoms with Gasteiger partial charge in [-0.1, -0.05) is 23.5 Å². The van der Waals surface area contributed by atoms with E-state index >= 15 is 0 Å². The van der Waals surface area contributed by atoms with Crippen LogP contribution in [-0.4, -0.2) is 46.4 Å². The van der Waals surface area contributed by atoms with Gasteiger partial charge in [-0.05, 0) is 32.9 Å². The van der Waals surface area contributed by atoms with Crippen LogP contribution < -0.4 is 4.87 Å². The maximum Gasteiger partial charge on any atom is 0.308 e. The van der Waals surface area contributed by atoms with Crippen molar-refractivity contribution in [3.63, 3.8) is 0 Å². The van der Waals surface area contributed by atoms with Crippen LogP contribution in [0, 0.1) is 0 Å². The quantitative estimate of drug-likeness (QED) is 0.798. The third-order valence-corrected chi connectivity index (χ3v) is 5.54. The highest BCUT2D eigenvalue weighted by Gasteiger charge is 2.25. The van der Waals surface area contributed by atoms with Crippen molar-refractivity contribution in [2.75, 3.05) is 26.2 Å². The Morgan fingerprint density at radius 1 is 1.19 bits per heavy atom. The Morgan fingerprint density at radius 3 is 2.43 bits per heavy atom. The summed E-state index contributed by atoms with van der Waals surface area (Å²) in [5.74, 6) is 0. The highest BCUT2D eigenvalue weighted by atomic mass is 32.1. The number of fused-ring (bicyclic) bond motifs is 1. The fourth-order valence-corrected chi connectivity index (χ4v) is 3.86. The van der Waals surface area contributed by atoms with E-state index in [1.54, 1.807) is 4.57 Å². The number of rotatable bonds is 7. The fraction of sp³-hybridized carbons (Fsp3) is 0.562. The minimum absolute atomic E-state index is 0.0119. The topological polar surface area (TPSA) is 42.2 Å². The number of aliphatic hydroxyl groups excluding tert-OH is 1. The van der Waals surface area contributed by atoms with Crippen molar-refractivity contribution >= 4 is 21.6 Å². The predicted molar refractivity (Wildman–Crippen MR) is 88.8 cm³/mol. The summed E-state index contributed by atoms with van der Waals surface area (Å²) in [6.45, 7) is 10.6.